The normalized spacial score (nSPS) is 11.8. The van der Waals surface area contributed by atoms with Crippen molar-refractivity contribution in [3.05, 3.63) is 35.9 Å². The lowest BCUT2D eigenvalue weighted by Crippen LogP contribution is -2.11. The van der Waals surface area contributed by atoms with Gasteiger partial charge >= 0.3 is 0 Å². The molecule has 0 fully saturated rings. The van der Waals surface area contributed by atoms with Gasteiger partial charge in [-0.2, -0.15) is 5.10 Å². The molecule has 0 aliphatic rings. The molecule has 0 spiro atoms. The molecule has 0 saturated carbocycles. The fraction of sp³-hybridized carbons (Fsp3) is 0.385. The molecule has 90 valence electrons. The number of aryl methyl sites for hydroxylation is 1. The van der Waals surface area contributed by atoms with E-state index in [1.807, 2.05) is 6.07 Å². The zero-order chi connectivity index (χ0) is 12.6. The summed E-state index contributed by atoms with van der Waals surface area (Å²) in [4.78, 5) is 4.05. The van der Waals surface area contributed by atoms with E-state index in [2.05, 4.69) is 30.9 Å². The minimum atomic E-state index is -0.274. The summed E-state index contributed by atoms with van der Waals surface area (Å²) in [5.74, 6) is 0.147. The molecule has 0 unspecified atom stereocenters. The number of halogens is 1. The Balaban J connectivity index is 2.45. The first-order valence-electron chi connectivity index (χ1n) is 5.54. The lowest BCUT2D eigenvalue weighted by Gasteiger charge is -2.19. The molecule has 0 N–H and O–H groups in total. The van der Waals surface area contributed by atoms with E-state index in [9.17, 15) is 4.39 Å². The Labute approximate surface area is 100 Å². The van der Waals surface area contributed by atoms with Gasteiger partial charge in [0.1, 0.15) is 12.1 Å². The van der Waals surface area contributed by atoms with Crippen LogP contribution in [0.25, 0.3) is 11.4 Å². The van der Waals surface area contributed by atoms with E-state index in [1.54, 1.807) is 30.2 Å². The van der Waals surface area contributed by atoms with Gasteiger partial charge in [0.25, 0.3) is 0 Å². The molecule has 2 aromatic rings. The molecular weight excluding hydrogens is 217 g/mol. The maximum Gasteiger partial charge on any atom is 0.184 e. The van der Waals surface area contributed by atoms with Crippen LogP contribution in [0.2, 0.25) is 0 Å². The molecule has 1 aromatic carbocycles. The molecule has 0 amide bonds. The lowest BCUT2D eigenvalue weighted by molar-refractivity contribution is 0.573. The van der Waals surface area contributed by atoms with Crippen molar-refractivity contribution in [1.82, 2.24) is 14.8 Å². The van der Waals surface area contributed by atoms with Gasteiger partial charge in [-0.1, -0.05) is 26.8 Å². The summed E-state index contributed by atoms with van der Waals surface area (Å²) in [6.07, 6.45) is 1.56. The van der Waals surface area contributed by atoms with Gasteiger partial charge in [-0.05, 0) is 23.1 Å². The number of hydrogen-bond donors (Lipinski definition) is 0. The van der Waals surface area contributed by atoms with Crippen LogP contribution in [0.3, 0.4) is 0 Å². The fourth-order valence-electron chi connectivity index (χ4n) is 1.63. The molecule has 1 heterocycles. The summed E-state index contributed by atoms with van der Waals surface area (Å²) < 4.78 is 15.5. The van der Waals surface area contributed by atoms with E-state index in [-0.39, 0.29) is 11.2 Å². The first-order valence-corrected chi connectivity index (χ1v) is 5.54. The molecule has 4 heteroatoms. The van der Waals surface area contributed by atoms with Crippen molar-refractivity contribution < 1.29 is 4.39 Å². The average molecular weight is 233 g/mol. The lowest BCUT2D eigenvalue weighted by atomic mass is 9.86. The number of aromatic nitrogens is 3. The summed E-state index contributed by atoms with van der Waals surface area (Å²) in [6, 6.07) is 5.23. The third kappa shape index (κ3) is 2.35. The minimum Gasteiger partial charge on any atom is -0.255 e. The van der Waals surface area contributed by atoms with Crippen LogP contribution < -0.4 is 0 Å². The fourth-order valence-corrected chi connectivity index (χ4v) is 1.63. The maximum absolute atomic E-state index is 14.0. The van der Waals surface area contributed by atoms with Crippen molar-refractivity contribution in [1.29, 1.82) is 0 Å². The van der Waals surface area contributed by atoms with Crippen LogP contribution in [0.15, 0.2) is 24.5 Å². The quantitative estimate of drug-likeness (QED) is 0.758. The summed E-state index contributed by atoms with van der Waals surface area (Å²) in [6.45, 7) is 6.17. The van der Waals surface area contributed by atoms with Gasteiger partial charge in [-0.25, -0.2) is 9.37 Å². The molecule has 0 saturated heterocycles. The first kappa shape index (κ1) is 11.8. The predicted molar refractivity (Wildman–Crippen MR) is 65.1 cm³/mol. The van der Waals surface area contributed by atoms with Gasteiger partial charge in [0.05, 0.1) is 5.56 Å². The van der Waals surface area contributed by atoms with Crippen molar-refractivity contribution in [2.45, 2.75) is 26.2 Å². The second kappa shape index (κ2) is 3.95. The van der Waals surface area contributed by atoms with Crippen LogP contribution in [0, 0.1) is 5.82 Å². The average Bonchev–Trinajstić information content (AvgIpc) is 2.63. The topological polar surface area (TPSA) is 30.7 Å². The van der Waals surface area contributed by atoms with E-state index < -0.39 is 0 Å². The van der Waals surface area contributed by atoms with E-state index >= 15 is 0 Å². The predicted octanol–water partition coefficient (Wildman–Crippen LogP) is 2.92. The SMILES string of the molecule is Cn1cnc(-c2ccc(C(C)(C)C)cc2F)n1. The van der Waals surface area contributed by atoms with Gasteiger partial charge in [0.2, 0.25) is 0 Å². The summed E-state index contributed by atoms with van der Waals surface area (Å²) in [5.41, 5.74) is 1.35. The highest BCUT2D eigenvalue weighted by Crippen LogP contribution is 2.27. The minimum absolute atomic E-state index is 0.0586. The van der Waals surface area contributed by atoms with E-state index in [0.29, 0.717) is 11.4 Å². The molecule has 1 aromatic heterocycles. The highest BCUT2D eigenvalue weighted by Gasteiger charge is 2.17. The largest absolute Gasteiger partial charge is 0.255 e. The number of nitrogens with zero attached hydrogens (tertiary/aromatic N) is 3. The summed E-state index contributed by atoms with van der Waals surface area (Å²) in [7, 11) is 1.76. The van der Waals surface area contributed by atoms with Crippen LogP contribution in [-0.4, -0.2) is 14.8 Å². The monoisotopic (exact) mass is 233 g/mol. The van der Waals surface area contributed by atoms with E-state index in [0.717, 1.165) is 5.56 Å². The van der Waals surface area contributed by atoms with Crippen LogP contribution in [-0.2, 0) is 12.5 Å². The van der Waals surface area contributed by atoms with Gasteiger partial charge in [0, 0.05) is 7.05 Å². The molecular formula is C13H16FN3. The Morgan fingerprint density at radius 2 is 1.94 bits per heavy atom. The van der Waals surface area contributed by atoms with Crippen LogP contribution >= 0.6 is 0 Å². The van der Waals surface area contributed by atoms with Crippen molar-refractivity contribution in [2.75, 3.05) is 0 Å². The summed E-state index contributed by atoms with van der Waals surface area (Å²) >= 11 is 0. The zero-order valence-electron chi connectivity index (χ0n) is 10.5. The highest BCUT2D eigenvalue weighted by atomic mass is 19.1. The smallest absolute Gasteiger partial charge is 0.184 e. The van der Waals surface area contributed by atoms with Gasteiger partial charge in [0.15, 0.2) is 5.82 Å². The van der Waals surface area contributed by atoms with E-state index in [4.69, 9.17) is 0 Å². The molecule has 0 aliphatic heterocycles. The second-order valence-corrected chi connectivity index (χ2v) is 5.19. The Morgan fingerprint density at radius 1 is 1.24 bits per heavy atom. The van der Waals surface area contributed by atoms with Gasteiger partial charge < -0.3 is 0 Å². The van der Waals surface area contributed by atoms with Crippen molar-refractivity contribution in [2.24, 2.45) is 7.05 Å². The standard InChI is InChI=1S/C13H16FN3/c1-13(2,3)9-5-6-10(11(14)7-9)12-15-8-17(4)16-12/h5-8H,1-4H3. The first-order chi connectivity index (χ1) is 7.88. The maximum atomic E-state index is 14.0. The molecule has 17 heavy (non-hydrogen) atoms. The number of hydrogen-bond acceptors (Lipinski definition) is 2. The molecule has 0 atom stereocenters. The van der Waals surface area contributed by atoms with Crippen molar-refractivity contribution in [3.63, 3.8) is 0 Å². The molecule has 0 bridgehead atoms. The van der Waals surface area contributed by atoms with Crippen LogP contribution in [0.5, 0.6) is 0 Å². The third-order valence-electron chi connectivity index (χ3n) is 2.68. The van der Waals surface area contributed by atoms with Crippen molar-refractivity contribution in [3.8, 4) is 11.4 Å². The Morgan fingerprint density at radius 3 is 2.41 bits per heavy atom. The number of rotatable bonds is 1. The van der Waals surface area contributed by atoms with Gasteiger partial charge in [-0.3, -0.25) is 4.68 Å². The Kier molecular flexibility index (Phi) is 2.73. The molecule has 0 radical (unpaired) electrons. The molecule has 0 aliphatic carbocycles. The number of benzene rings is 1. The zero-order valence-corrected chi connectivity index (χ0v) is 10.5. The van der Waals surface area contributed by atoms with Gasteiger partial charge in [-0.15, -0.1) is 0 Å². The summed E-state index contributed by atoms with van der Waals surface area (Å²) in [5, 5.41) is 4.10. The molecule has 2 rings (SSSR count). The second-order valence-electron chi connectivity index (χ2n) is 5.19. The highest BCUT2D eigenvalue weighted by molar-refractivity contribution is 5.56. The van der Waals surface area contributed by atoms with Crippen LogP contribution in [0.1, 0.15) is 26.3 Å². The van der Waals surface area contributed by atoms with Crippen molar-refractivity contribution >= 4 is 0 Å². The third-order valence-corrected chi connectivity index (χ3v) is 2.68. The van der Waals surface area contributed by atoms with E-state index in [1.165, 1.54) is 0 Å². The Hall–Kier alpha value is -1.71. The Bertz CT molecular complexity index is 538. The van der Waals surface area contributed by atoms with Crippen LogP contribution in [0.4, 0.5) is 4.39 Å². The molecule has 3 nitrogen and oxygen atoms in total.